The fourth-order valence-electron chi connectivity index (χ4n) is 1.50. The molecule has 94 valence electrons. The molecular weight excluding hydrogens is 238 g/mol. The van der Waals surface area contributed by atoms with Gasteiger partial charge in [-0.15, -0.1) is 0 Å². The fraction of sp³-hybridized carbons (Fsp3) is 0.154. The van der Waals surface area contributed by atoms with E-state index in [1.807, 2.05) is 19.1 Å². The van der Waals surface area contributed by atoms with E-state index in [0.717, 1.165) is 23.5 Å². The Labute approximate surface area is 103 Å². The Hall–Kier alpha value is -2.17. The number of nitrogens with one attached hydrogen (secondary N) is 1. The van der Waals surface area contributed by atoms with Crippen LogP contribution in [0.4, 0.5) is 14.5 Å². The van der Waals surface area contributed by atoms with Crippen molar-refractivity contribution >= 4 is 5.69 Å². The maximum absolute atomic E-state index is 13.1. The van der Waals surface area contributed by atoms with Crippen molar-refractivity contribution < 1.29 is 13.9 Å². The highest BCUT2D eigenvalue weighted by molar-refractivity contribution is 5.42. The first-order valence-electron chi connectivity index (χ1n) is 5.39. The van der Waals surface area contributed by atoms with Crippen molar-refractivity contribution in [1.29, 1.82) is 0 Å². The lowest BCUT2D eigenvalue weighted by molar-refractivity contribution is 0.395. The first kappa shape index (κ1) is 12.3. The smallest absolute Gasteiger partial charge is 0.187 e. The Morgan fingerprint density at radius 3 is 2.44 bits per heavy atom. The summed E-state index contributed by atoms with van der Waals surface area (Å²) in [5.41, 5.74) is 2.06. The summed E-state index contributed by atoms with van der Waals surface area (Å²) in [6, 6.07) is 5.84. The fourth-order valence-corrected chi connectivity index (χ4v) is 1.50. The summed E-state index contributed by atoms with van der Waals surface area (Å²) in [6.45, 7) is 2.12. The van der Waals surface area contributed by atoms with E-state index < -0.39 is 17.4 Å². The number of anilines is 1. The molecule has 2 rings (SSSR count). The second-order valence-electron chi connectivity index (χ2n) is 3.95. The lowest BCUT2D eigenvalue weighted by atomic mass is 10.2. The summed E-state index contributed by atoms with van der Waals surface area (Å²) in [5.74, 6) is -2.88. The number of aromatic hydroxyl groups is 1. The molecule has 1 heterocycles. The summed E-state index contributed by atoms with van der Waals surface area (Å²) in [5, 5.41) is 12.0. The van der Waals surface area contributed by atoms with Crippen molar-refractivity contribution in [3.8, 4) is 5.75 Å². The van der Waals surface area contributed by atoms with Gasteiger partial charge in [0.2, 0.25) is 0 Å². The molecule has 0 spiro atoms. The number of hydrogen-bond acceptors (Lipinski definition) is 3. The van der Waals surface area contributed by atoms with E-state index in [-0.39, 0.29) is 6.54 Å². The number of aromatic nitrogens is 1. The van der Waals surface area contributed by atoms with Crippen LogP contribution in [-0.2, 0) is 6.54 Å². The third-order valence-electron chi connectivity index (χ3n) is 2.48. The average Bonchev–Trinajstić information content (AvgIpc) is 2.35. The van der Waals surface area contributed by atoms with Crippen LogP contribution in [0.5, 0.6) is 5.75 Å². The molecular formula is C13H12F2N2O. The molecule has 0 saturated heterocycles. The van der Waals surface area contributed by atoms with Crippen molar-refractivity contribution in [3.05, 3.63) is 53.4 Å². The van der Waals surface area contributed by atoms with E-state index >= 15 is 0 Å². The number of hydrogen-bond donors (Lipinski definition) is 2. The highest BCUT2D eigenvalue weighted by Gasteiger charge is 2.09. The minimum absolute atomic E-state index is 0.249. The minimum Gasteiger partial charge on any atom is -0.503 e. The zero-order valence-electron chi connectivity index (χ0n) is 9.74. The van der Waals surface area contributed by atoms with E-state index in [9.17, 15) is 8.78 Å². The summed E-state index contributed by atoms with van der Waals surface area (Å²) in [4.78, 5) is 4.09. The normalized spacial score (nSPS) is 10.4. The van der Waals surface area contributed by atoms with E-state index in [1.165, 1.54) is 0 Å². The van der Waals surface area contributed by atoms with Gasteiger partial charge in [-0.05, 0) is 36.8 Å². The zero-order chi connectivity index (χ0) is 13.1. The van der Waals surface area contributed by atoms with Gasteiger partial charge >= 0.3 is 0 Å². The number of pyridine rings is 1. The van der Waals surface area contributed by atoms with Gasteiger partial charge in [0, 0.05) is 12.2 Å². The molecule has 0 radical (unpaired) electrons. The van der Waals surface area contributed by atoms with Crippen molar-refractivity contribution in [1.82, 2.24) is 4.98 Å². The second kappa shape index (κ2) is 5.00. The Balaban J connectivity index is 2.08. The van der Waals surface area contributed by atoms with Gasteiger partial charge in [0.05, 0.1) is 11.9 Å². The van der Waals surface area contributed by atoms with Crippen LogP contribution in [-0.4, -0.2) is 10.1 Å². The third kappa shape index (κ3) is 2.74. The molecule has 1 aromatic heterocycles. The maximum atomic E-state index is 13.1. The van der Waals surface area contributed by atoms with Gasteiger partial charge in [-0.3, -0.25) is 4.98 Å². The molecule has 0 fully saturated rings. The molecule has 0 aliphatic rings. The Kier molecular flexibility index (Phi) is 3.41. The van der Waals surface area contributed by atoms with E-state index in [2.05, 4.69) is 10.3 Å². The predicted molar refractivity (Wildman–Crippen MR) is 64.3 cm³/mol. The van der Waals surface area contributed by atoms with Crippen molar-refractivity contribution in [2.24, 2.45) is 0 Å². The molecule has 0 bridgehead atoms. The third-order valence-corrected chi connectivity index (χ3v) is 2.48. The molecule has 0 aliphatic carbocycles. The quantitative estimate of drug-likeness (QED) is 0.880. The van der Waals surface area contributed by atoms with Crippen LogP contribution >= 0.6 is 0 Å². The summed E-state index contributed by atoms with van der Waals surface area (Å²) < 4.78 is 26.2. The van der Waals surface area contributed by atoms with Gasteiger partial charge < -0.3 is 10.4 Å². The first-order chi connectivity index (χ1) is 8.56. The monoisotopic (exact) mass is 250 g/mol. The molecule has 0 atom stereocenters. The summed E-state index contributed by atoms with van der Waals surface area (Å²) >= 11 is 0. The number of benzene rings is 1. The van der Waals surface area contributed by atoms with Gasteiger partial charge in [0.25, 0.3) is 0 Å². The van der Waals surface area contributed by atoms with Crippen molar-refractivity contribution in [3.63, 3.8) is 0 Å². The van der Waals surface area contributed by atoms with Gasteiger partial charge in [-0.2, -0.15) is 0 Å². The van der Waals surface area contributed by atoms with E-state index in [1.54, 1.807) is 6.20 Å². The van der Waals surface area contributed by atoms with Crippen molar-refractivity contribution in [2.75, 3.05) is 5.32 Å². The number of nitrogens with zero attached hydrogens (tertiary/aromatic N) is 1. The molecule has 1 aromatic carbocycles. The molecule has 0 aliphatic heterocycles. The topological polar surface area (TPSA) is 45.1 Å². The van der Waals surface area contributed by atoms with Gasteiger partial charge in [-0.25, -0.2) is 8.78 Å². The van der Waals surface area contributed by atoms with Crippen LogP contribution in [0.2, 0.25) is 0 Å². The van der Waals surface area contributed by atoms with Crippen molar-refractivity contribution in [2.45, 2.75) is 13.5 Å². The largest absolute Gasteiger partial charge is 0.503 e. The molecule has 18 heavy (non-hydrogen) atoms. The Bertz CT molecular complexity index is 532. The number of rotatable bonds is 3. The lowest BCUT2D eigenvalue weighted by Gasteiger charge is -2.07. The van der Waals surface area contributed by atoms with E-state index in [0.29, 0.717) is 5.56 Å². The highest BCUT2D eigenvalue weighted by atomic mass is 19.1. The number of aryl methyl sites for hydroxylation is 1. The van der Waals surface area contributed by atoms with Crippen LogP contribution in [0.3, 0.4) is 0 Å². The van der Waals surface area contributed by atoms with Crippen LogP contribution < -0.4 is 5.32 Å². The first-order valence-corrected chi connectivity index (χ1v) is 5.39. The zero-order valence-corrected chi connectivity index (χ0v) is 9.74. The molecule has 0 saturated carbocycles. The van der Waals surface area contributed by atoms with E-state index in [4.69, 9.17) is 5.11 Å². The lowest BCUT2D eigenvalue weighted by Crippen LogP contribution is -2.01. The number of phenolic OH excluding ortho intramolecular Hbond substituents is 1. The number of halogens is 2. The molecule has 0 amide bonds. The molecule has 3 nitrogen and oxygen atoms in total. The SMILES string of the molecule is Cc1ccc(NCc2cc(F)c(O)c(F)c2)cn1. The number of phenols is 1. The summed E-state index contributed by atoms with van der Waals surface area (Å²) in [6.07, 6.45) is 1.64. The standard InChI is InChI=1S/C13H12F2N2O/c1-8-2-3-10(7-16-8)17-6-9-4-11(14)13(18)12(15)5-9/h2-5,7,17-18H,6H2,1H3. The van der Waals surface area contributed by atoms with Crippen LogP contribution in [0.25, 0.3) is 0 Å². The molecule has 2 N–H and O–H groups in total. The molecule has 0 unspecified atom stereocenters. The van der Waals surface area contributed by atoms with Crippen LogP contribution in [0, 0.1) is 18.6 Å². The van der Waals surface area contributed by atoms with Gasteiger partial charge in [0.15, 0.2) is 17.4 Å². The molecule has 5 heteroatoms. The van der Waals surface area contributed by atoms with Crippen LogP contribution in [0.1, 0.15) is 11.3 Å². The van der Waals surface area contributed by atoms with Crippen LogP contribution in [0.15, 0.2) is 30.5 Å². The highest BCUT2D eigenvalue weighted by Crippen LogP contribution is 2.21. The van der Waals surface area contributed by atoms with Gasteiger partial charge in [-0.1, -0.05) is 0 Å². The second-order valence-corrected chi connectivity index (χ2v) is 3.95. The summed E-state index contributed by atoms with van der Waals surface area (Å²) in [7, 11) is 0. The Morgan fingerprint density at radius 2 is 1.89 bits per heavy atom. The van der Waals surface area contributed by atoms with Gasteiger partial charge in [0.1, 0.15) is 0 Å². The molecule has 2 aromatic rings. The maximum Gasteiger partial charge on any atom is 0.187 e. The predicted octanol–water partition coefficient (Wildman–Crippen LogP) is 2.99. The average molecular weight is 250 g/mol. The Morgan fingerprint density at radius 1 is 1.22 bits per heavy atom. The minimum atomic E-state index is -0.964.